The van der Waals surface area contributed by atoms with Crippen molar-refractivity contribution in [3.8, 4) is 17.5 Å². The van der Waals surface area contributed by atoms with Gasteiger partial charge in [-0.2, -0.15) is 5.26 Å². The number of imidazole rings is 1. The summed E-state index contributed by atoms with van der Waals surface area (Å²) in [5, 5.41) is 9.06. The SMILES string of the molecule is CC(C)n1c(-c2ccccc2I)nc2cc(C#N)ccc21. The Morgan fingerprint density at radius 3 is 2.62 bits per heavy atom. The minimum Gasteiger partial charge on any atom is -0.321 e. The van der Waals surface area contributed by atoms with Gasteiger partial charge in [-0.05, 0) is 60.7 Å². The molecule has 0 aliphatic carbocycles. The van der Waals surface area contributed by atoms with Crippen molar-refractivity contribution in [2.75, 3.05) is 0 Å². The molecule has 0 bridgehead atoms. The Morgan fingerprint density at radius 1 is 1.19 bits per heavy atom. The third-order valence-electron chi connectivity index (χ3n) is 3.45. The number of nitrogens with zero attached hydrogens (tertiary/aromatic N) is 3. The van der Waals surface area contributed by atoms with Crippen molar-refractivity contribution in [2.45, 2.75) is 19.9 Å². The van der Waals surface area contributed by atoms with E-state index in [-0.39, 0.29) is 0 Å². The maximum Gasteiger partial charge on any atom is 0.142 e. The summed E-state index contributed by atoms with van der Waals surface area (Å²) in [4.78, 5) is 4.78. The van der Waals surface area contributed by atoms with Gasteiger partial charge in [-0.25, -0.2) is 4.98 Å². The molecule has 0 fully saturated rings. The lowest BCUT2D eigenvalue weighted by molar-refractivity contribution is 0.624. The Kier molecular flexibility index (Phi) is 3.68. The topological polar surface area (TPSA) is 41.6 Å². The number of nitriles is 1. The summed E-state index contributed by atoms with van der Waals surface area (Å²) in [6, 6.07) is 16.4. The first-order valence-electron chi connectivity index (χ1n) is 6.79. The van der Waals surface area contributed by atoms with E-state index in [1.165, 1.54) is 3.57 Å². The van der Waals surface area contributed by atoms with Crippen LogP contribution in [0.25, 0.3) is 22.4 Å². The molecule has 21 heavy (non-hydrogen) atoms. The molecular weight excluding hydrogens is 373 g/mol. The predicted molar refractivity (Wildman–Crippen MR) is 93.0 cm³/mol. The summed E-state index contributed by atoms with van der Waals surface area (Å²) in [7, 11) is 0. The molecule has 3 nitrogen and oxygen atoms in total. The van der Waals surface area contributed by atoms with E-state index in [1.807, 2.05) is 30.3 Å². The molecule has 4 heteroatoms. The first-order valence-corrected chi connectivity index (χ1v) is 7.86. The quantitative estimate of drug-likeness (QED) is 0.595. The third kappa shape index (κ3) is 2.42. The molecule has 0 N–H and O–H groups in total. The van der Waals surface area contributed by atoms with Gasteiger partial charge in [0.25, 0.3) is 0 Å². The zero-order valence-electron chi connectivity index (χ0n) is 11.8. The fourth-order valence-corrected chi connectivity index (χ4v) is 3.15. The second-order valence-corrected chi connectivity index (χ2v) is 6.36. The fourth-order valence-electron chi connectivity index (χ4n) is 2.52. The number of fused-ring (bicyclic) bond motifs is 1. The Hall–Kier alpha value is -1.87. The van der Waals surface area contributed by atoms with Crippen LogP contribution in [0, 0.1) is 14.9 Å². The van der Waals surface area contributed by atoms with E-state index in [9.17, 15) is 0 Å². The molecule has 0 unspecified atom stereocenters. The maximum atomic E-state index is 9.06. The number of rotatable bonds is 2. The largest absolute Gasteiger partial charge is 0.321 e. The lowest BCUT2D eigenvalue weighted by Crippen LogP contribution is -2.03. The van der Waals surface area contributed by atoms with E-state index in [1.54, 1.807) is 0 Å². The highest BCUT2D eigenvalue weighted by Gasteiger charge is 2.16. The van der Waals surface area contributed by atoms with Crippen molar-refractivity contribution in [3.63, 3.8) is 0 Å². The first kappa shape index (κ1) is 14.1. The monoisotopic (exact) mass is 387 g/mol. The van der Waals surface area contributed by atoms with Gasteiger partial charge in [-0.1, -0.05) is 18.2 Å². The van der Waals surface area contributed by atoms with E-state index in [0.29, 0.717) is 11.6 Å². The molecule has 0 saturated heterocycles. The van der Waals surface area contributed by atoms with Gasteiger partial charge in [0.2, 0.25) is 0 Å². The van der Waals surface area contributed by atoms with Crippen LogP contribution in [0.1, 0.15) is 25.5 Å². The highest BCUT2D eigenvalue weighted by atomic mass is 127. The van der Waals surface area contributed by atoms with Crippen molar-refractivity contribution in [1.82, 2.24) is 9.55 Å². The van der Waals surface area contributed by atoms with Gasteiger partial charge in [0, 0.05) is 15.2 Å². The molecule has 1 heterocycles. The molecule has 0 atom stereocenters. The average molecular weight is 387 g/mol. The summed E-state index contributed by atoms with van der Waals surface area (Å²) in [6.45, 7) is 4.30. The van der Waals surface area contributed by atoms with Crippen LogP contribution >= 0.6 is 22.6 Å². The molecule has 3 rings (SSSR count). The van der Waals surface area contributed by atoms with Crippen LogP contribution < -0.4 is 0 Å². The summed E-state index contributed by atoms with van der Waals surface area (Å²) >= 11 is 2.34. The van der Waals surface area contributed by atoms with Crippen LogP contribution in [0.15, 0.2) is 42.5 Å². The second-order valence-electron chi connectivity index (χ2n) is 5.19. The van der Waals surface area contributed by atoms with Gasteiger partial charge < -0.3 is 4.57 Å². The van der Waals surface area contributed by atoms with Crippen LogP contribution in [0.3, 0.4) is 0 Å². The maximum absolute atomic E-state index is 9.06. The van der Waals surface area contributed by atoms with Gasteiger partial charge in [0.15, 0.2) is 0 Å². The number of halogens is 1. The fraction of sp³-hybridized carbons (Fsp3) is 0.176. The zero-order chi connectivity index (χ0) is 15.0. The highest BCUT2D eigenvalue weighted by molar-refractivity contribution is 14.1. The normalized spacial score (nSPS) is 11.0. The minimum atomic E-state index is 0.300. The lowest BCUT2D eigenvalue weighted by atomic mass is 10.2. The van der Waals surface area contributed by atoms with Crippen molar-refractivity contribution < 1.29 is 0 Å². The number of benzene rings is 2. The van der Waals surface area contributed by atoms with Crippen molar-refractivity contribution in [2.24, 2.45) is 0 Å². The van der Waals surface area contributed by atoms with Gasteiger partial charge in [0.1, 0.15) is 5.82 Å². The molecule has 0 saturated carbocycles. The Balaban J connectivity index is 2.35. The van der Waals surface area contributed by atoms with Crippen molar-refractivity contribution >= 4 is 33.6 Å². The van der Waals surface area contributed by atoms with E-state index < -0.39 is 0 Å². The van der Waals surface area contributed by atoms with Gasteiger partial charge in [-0.15, -0.1) is 0 Å². The third-order valence-corrected chi connectivity index (χ3v) is 4.39. The zero-order valence-corrected chi connectivity index (χ0v) is 14.0. The molecule has 2 aromatic carbocycles. The van der Waals surface area contributed by atoms with Crippen LogP contribution in [0.2, 0.25) is 0 Å². The number of hydrogen-bond donors (Lipinski definition) is 0. The van der Waals surface area contributed by atoms with Crippen LogP contribution in [0.5, 0.6) is 0 Å². The summed E-state index contributed by atoms with van der Waals surface area (Å²) in [5.41, 5.74) is 3.71. The second kappa shape index (κ2) is 5.49. The van der Waals surface area contributed by atoms with E-state index in [0.717, 1.165) is 22.4 Å². The minimum absolute atomic E-state index is 0.300. The first-order chi connectivity index (χ1) is 10.1. The molecule has 0 aliphatic heterocycles. The smallest absolute Gasteiger partial charge is 0.142 e. The van der Waals surface area contributed by atoms with Crippen molar-refractivity contribution in [3.05, 3.63) is 51.6 Å². The van der Waals surface area contributed by atoms with E-state index in [2.05, 4.69) is 59.2 Å². The number of hydrogen-bond acceptors (Lipinski definition) is 2. The standard InChI is InChI=1S/C17H14IN3/c1-11(2)21-16-8-7-12(10-19)9-15(16)20-17(21)13-5-3-4-6-14(13)18/h3-9,11H,1-2H3. The Morgan fingerprint density at radius 2 is 1.95 bits per heavy atom. The van der Waals surface area contributed by atoms with Gasteiger partial charge in [0.05, 0.1) is 22.7 Å². The molecule has 0 aliphatic rings. The highest BCUT2D eigenvalue weighted by Crippen LogP contribution is 2.31. The van der Waals surface area contributed by atoms with Crippen LogP contribution in [-0.2, 0) is 0 Å². The number of aromatic nitrogens is 2. The predicted octanol–water partition coefficient (Wildman–Crippen LogP) is 4.76. The molecule has 0 amide bonds. The summed E-state index contributed by atoms with van der Waals surface area (Å²) in [6.07, 6.45) is 0. The lowest BCUT2D eigenvalue weighted by Gasteiger charge is -2.14. The molecule has 1 aromatic heterocycles. The van der Waals surface area contributed by atoms with E-state index in [4.69, 9.17) is 10.2 Å². The Labute approximate surface area is 137 Å². The summed E-state index contributed by atoms with van der Waals surface area (Å²) in [5.74, 6) is 0.958. The van der Waals surface area contributed by atoms with E-state index >= 15 is 0 Å². The molecular formula is C17H14IN3. The van der Waals surface area contributed by atoms with Crippen LogP contribution in [-0.4, -0.2) is 9.55 Å². The van der Waals surface area contributed by atoms with Gasteiger partial charge in [-0.3, -0.25) is 0 Å². The van der Waals surface area contributed by atoms with Crippen LogP contribution in [0.4, 0.5) is 0 Å². The average Bonchev–Trinajstić information content (AvgIpc) is 2.85. The summed E-state index contributed by atoms with van der Waals surface area (Å²) < 4.78 is 3.40. The van der Waals surface area contributed by atoms with Crippen molar-refractivity contribution in [1.29, 1.82) is 5.26 Å². The Bertz CT molecular complexity index is 856. The molecule has 104 valence electrons. The van der Waals surface area contributed by atoms with Gasteiger partial charge >= 0.3 is 0 Å². The molecule has 0 radical (unpaired) electrons. The molecule has 0 spiro atoms. The molecule has 3 aromatic rings.